The third kappa shape index (κ3) is 3.56. The maximum absolute atomic E-state index is 13.5. The standard InChI is InChI=1S/C28H32N2O2/c1-2-3-4-5-6-8-13-19-18-22-25(26-24(19)21-16-11-12-17-23(21)29-26)28(32)30(27(22)31)20-14-9-7-10-15-20/h7,9-12,14-17,19,22,25,29H,2-6,8,13,18H2,1H3/t19-,22+,25+/m0/s1. The van der Waals surface area contributed by atoms with Crippen molar-refractivity contribution in [1.82, 2.24) is 4.98 Å². The number of anilines is 1. The molecule has 4 heteroatoms. The van der Waals surface area contributed by atoms with E-state index in [1.165, 1.54) is 54.4 Å². The molecule has 2 heterocycles. The molecule has 1 aromatic heterocycles. The van der Waals surface area contributed by atoms with Crippen LogP contribution in [-0.2, 0) is 9.59 Å². The third-order valence-corrected chi connectivity index (χ3v) is 7.38. The summed E-state index contributed by atoms with van der Waals surface area (Å²) >= 11 is 0. The molecule has 0 radical (unpaired) electrons. The van der Waals surface area contributed by atoms with E-state index in [0.29, 0.717) is 11.6 Å². The molecule has 1 N–H and O–H groups in total. The maximum atomic E-state index is 13.5. The quantitative estimate of drug-likeness (QED) is 0.321. The fourth-order valence-corrected chi connectivity index (χ4v) is 5.85. The molecule has 3 aromatic rings. The summed E-state index contributed by atoms with van der Waals surface area (Å²) in [5, 5.41) is 1.22. The Kier molecular flexibility index (Phi) is 5.86. The molecule has 1 fully saturated rings. The molecule has 0 bridgehead atoms. The molecule has 0 saturated carbocycles. The van der Waals surface area contributed by atoms with Gasteiger partial charge in [0.15, 0.2) is 0 Å². The van der Waals surface area contributed by atoms with Crippen molar-refractivity contribution < 1.29 is 9.59 Å². The number of aromatic amines is 1. The van der Waals surface area contributed by atoms with Crippen LogP contribution in [0.15, 0.2) is 54.6 Å². The highest BCUT2D eigenvalue weighted by atomic mass is 16.2. The number of imide groups is 1. The number of para-hydroxylation sites is 2. The van der Waals surface area contributed by atoms with Gasteiger partial charge in [-0.1, -0.05) is 81.8 Å². The molecular formula is C28H32N2O2. The van der Waals surface area contributed by atoms with Gasteiger partial charge in [0.05, 0.1) is 17.5 Å². The molecule has 3 atom stereocenters. The van der Waals surface area contributed by atoms with Crippen LogP contribution >= 0.6 is 0 Å². The van der Waals surface area contributed by atoms with Crippen molar-refractivity contribution in [1.29, 1.82) is 0 Å². The first-order valence-corrected chi connectivity index (χ1v) is 12.2. The fourth-order valence-electron chi connectivity index (χ4n) is 5.85. The Hall–Kier alpha value is -2.88. The summed E-state index contributed by atoms with van der Waals surface area (Å²) in [6.07, 6.45) is 9.43. The molecule has 4 nitrogen and oxygen atoms in total. The van der Waals surface area contributed by atoms with Gasteiger partial charge in [-0.15, -0.1) is 0 Å². The number of rotatable bonds is 8. The Morgan fingerprint density at radius 1 is 0.875 bits per heavy atom. The summed E-state index contributed by atoms with van der Waals surface area (Å²) in [4.78, 5) is 32.0. The first-order chi connectivity index (χ1) is 15.7. The molecule has 2 amide bonds. The number of H-pyrrole nitrogens is 1. The Bertz CT molecular complexity index is 1120. The van der Waals surface area contributed by atoms with Crippen molar-refractivity contribution in [3.63, 3.8) is 0 Å². The number of carbonyl (C=O) groups excluding carboxylic acids is 2. The van der Waals surface area contributed by atoms with Crippen LogP contribution in [0.4, 0.5) is 5.69 Å². The minimum atomic E-state index is -0.397. The highest BCUT2D eigenvalue weighted by Crippen LogP contribution is 2.51. The van der Waals surface area contributed by atoms with Crippen LogP contribution in [0, 0.1) is 5.92 Å². The van der Waals surface area contributed by atoms with Crippen LogP contribution in [0.5, 0.6) is 0 Å². The fraction of sp³-hybridized carbons (Fsp3) is 0.429. The number of hydrogen-bond donors (Lipinski definition) is 1. The Balaban J connectivity index is 1.47. The van der Waals surface area contributed by atoms with Crippen molar-refractivity contribution in [2.45, 2.75) is 70.1 Å². The number of amides is 2. The van der Waals surface area contributed by atoms with Gasteiger partial charge in [-0.3, -0.25) is 9.59 Å². The van der Waals surface area contributed by atoms with Crippen LogP contribution in [0.3, 0.4) is 0 Å². The lowest BCUT2D eigenvalue weighted by Gasteiger charge is -2.29. The second-order valence-electron chi connectivity index (χ2n) is 9.42. The Labute approximate surface area is 190 Å². The monoisotopic (exact) mass is 428 g/mol. The van der Waals surface area contributed by atoms with Gasteiger partial charge >= 0.3 is 0 Å². The molecule has 0 spiro atoms. The summed E-state index contributed by atoms with van der Waals surface area (Å²) in [6.45, 7) is 2.25. The van der Waals surface area contributed by atoms with Crippen molar-refractivity contribution in [2.24, 2.45) is 5.92 Å². The zero-order chi connectivity index (χ0) is 22.1. The van der Waals surface area contributed by atoms with Crippen molar-refractivity contribution in [3.8, 4) is 0 Å². The van der Waals surface area contributed by atoms with Gasteiger partial charge in [0, 0.05) is 16.6 Å². The van der Waals surface area contributed by atoms with E-state index in [-0.39, 0.29) is 17.7 Å². The van der Waals surface area contributed by atoms with Gasteiger partial charge in [-0.2, -0.15) is 0 Å². The van der Waals surface area contributed by atoms with E-state index in [0.717, 1.165) is 24.1 Å². The van der Waals surface area contributed by atoms with E-state index in [1.54, 1.807) is 0 Å². The van der Waals surface area contributed by atoms with Crippen molar-refractivity contribution in [3.05, 3.63) is 65.9 Å². The van der Waals surface area contributed by atoms with Crippen molar-refractivity contribution >= 4 is 28.4 Å². The number of hydrogen-bond acceptors (Lipinski definition) is 2. The molecule has 0 unspecified atom stereocenters. The SMILES string of the molecule is CCCCCCCC[C@H]1C[C@H]2C(=O)N(c3ccccc3)C(=O)[C@H]2c2[nH]c3ccccc3c21. The van der Waals surface area contributed by atoms with Gasteiger partial charge in [0.25, 0.3) is 0 Å². The van der Waals surface area contributed by atoms with Crippen LogP contribution in [0.25, 0.3) is 10.9 Å². The van der Waals surface area contributed by atoms with Crippen LogP contribution in [-0.4, -0.2) is 16.8 Å². The highest BCUT2D eigenvalue weighted by Gasteiger charge is 2.53. The van der Waals surface area contributed by atoms with E-state index in [4.69, 9.17) is 0 Å². The van der Waals surface area contributed by atoms with Gasteiger partial charge in [0.2, 0.25) is 11.8 Å². The number of benzene rings is 2. The molecule has 1 aliphatic heterocycles. The summed E-state index contributed by atoms with van der Waals surface area (Å²) in [5.41, 5.74) is 4.02. The number of unbranched alkanes of at least 4 members (excludes halogenated alkanes) is 5. The number of carbonyl (C=O) groups is 2. The molecule has 1 aliphatic carbocycles. The van der Waals surface area contributed by atoms with Gasteiger partial charge in [0.1, 0.15) is 0 Å². The molecular weight excluding hydrogens is 396 g/mol. The summed E-state index contributed by atoms with van der Waals surface area (Å²) in [7, 11) is 0. The van der Waals surface area contributed by atoms with Crippen LogP contribution in [0.2, 0.25) is 0 Å². The average Bonchev–Trinajstić information content (AvgIpc) is 3.32. The zero-order valence-corrected chi connectivity index (χ0v) is 18.8. The lowest BCUT2D eigenvalue weighted by molar-refractivity contribution is -0.122. The maximum Gasteiger partial charge on any atom is 0.243 e. The minimum absolute atomic E-state index is 0.0385. The minimum Gasteiger partial charge on any atom is -0.357 e. The Morgan fingerprint density at radius 2 is 1.59 bits per heavy atom. The van der Waals surface area contributed by atoms with Crippen LogP contribution < -0.4 is 4.90 Å². The van der Waals surface area contributed by atoms with E-state index in [9.17, 15) is 9.59 Å². The highest BCUT2D eigenvalue weighted by molar-refractivity contribution is 6.24. The van der Waals surface area contributed by atoms with Gasteiger partial charge < -0.3 is 4.98 Å². The molecule has 166 valence electrons. The smallest absolute Gasteiger partial charge is 0.243 e. The van der Waals surface area contributed by atoms with E-state index < -0.39 is 5.92 Å². The number of nitrogens with one attached hydrogen (secondary N) is 1. The summed E-state index contributed by atoms with van der Waals surface area (Å²) in [6, 6.07) is 17.7. The first-order valence-electron chi connectivity index (χ1n) is 12.2. The molecule has 5 rings (SSSR count). The number of fused-ring (bicyclic) bond motifs is 5. The predicted octanol–water partition coefficient (Wildman–Crippen LogP) is 6.68. The van der Waals surface area contributed by atoms with Crippen LogP contribution in [0.1, 0.15) is 81.4 Å². The average molecular weight is 429 g/mol. The van der Waals surface area contributed by atoms with E-state index in [1.807, 2.05) is 36.4 Å². The lowest BCUT2D eigenvalue weighted by atomic mass is 9.72. The largest absolute Gasteiger partial charge is 0.357 e. The van der Waals surface area contributed by atoms with E-state index >= 15 is 0 Å². The number of nitrogens with zero attached hydrogens (tertiary/aromatic N) is 1. The van der Waals surface area contributed by atoms with E-state index in [2.05, 4.69) is 30.1 Å². The summed E-state index contributed by atoms with van der Waals surface area (Å²) in [5.74, 6) is -0.471. The molecule has 2 aromatic carbocycles. The predicted molar refractivity (Wildman–Crippen MR) is 129 cm³/mol. The second-order valence-corrected chi connectivity index (χ2v) is 9.42. The lowest BCUT2D eigenvalue weighted by Crippen LogP contribution is -2.30. The molecule has 32 heavy (non-hydrogen) atoms. The van der Waals surface area contributed by atoms with Crippen molar-refractivity contribution in [2.75, 3.05) is 4.90 Å². The molecule has 2 aliphatic rings. The first kappa shape index (κ1) is 21.0. The topological polar surface area (TPSA) is 53.2 Å². The summed E-state index contributed by atoms with van der Waals surface area (Å²) < 4.78 is 0. The normalized spacial score (nSPS) is 22.4. The third-order valence-electron chi connectivity index (χ3n) is 7.38. The number of aromatic nitrogens is 1. The zero-order valence-electron chi connectivity index (χ0n) is 18.8. The van der Waals surface area contributed by atoms with Gasteiger partial charge in [-0.25, -0.2) is 4.90 Å². The Morgan fingerprint density at radius 3 is 2.41 bits per heavy atom. The second kappa shape index (κ2) is 8.93. The van der Waals surface area contributed by atoms with Gasteiger partial charge in [-0.05, 0) is 42.5 Å². The molecule has 1 saturated heterocycles.